The molecule has 0 spiro atoms. The van der Waals surface area contributed by atoms with E-state index in [1.54, 1.807) is 29.9 Å². The maximum Gasteiger partial charge on any atom is 0.211 e. The molecule has 3 rings (SSSR count). The van der Waals surface area contributed by atoms with Crippen molar-refractivity contribution >= 4 is 27.8 Å². The normalized spacial score (nSPS) is 12.6. The van der Waals surface area contributed by atoms with E-state index in [0.29, 0.717) is 0 Å². The van der Waals surface area contributed by atoms with Crippen LogP contribution in [0.5, 0.6) is 0 Å². The quantitative estimate of drug-likeness (QED) is 0.520. The number of rotatable bonds is 2. The number of hydrogen-bond donors (Lipinski definition) is 0. The highest BCUT2D eigenvalue weighted by molar-refractivity contribution is 7.16. The van der Waals surface area contributed by atoms with Crippen molar-refractivity contribution in [3.63, 3.8) is 0 Å². The highest BCUT2D eigenvalue weighted by atomic mass is 32.1. The van der Waals surface area contributed by atoms with Crippen molar-refractivity contribution < 1.29 is 0 Å². The summed E-state index contributed by atoms with van der Waals surface area (Å²) >= 11 is 1.63. The zero-order valence-electron chi connectivity index (χ0n) is 10.4. The molecule has 0 radical (unpaired) electrons. The summed E-state index contributed by atoms with van der Waals surface area (Å²) in [5.74, 6) is 0. The van der Waals surface area contributed by atoms with Gasteiger partial charge >= 0.3 is 0 Å². The van der Waals surface area contributed by atoms with Gasteiger partial charge in [-0.15, -0.1) is 5.10 Å². The molecule has 0 saturated carbocycles. The summed E-state index contributed by atoms with van der Waals surface area (Å²) in [6, 6.07) is 12.0. The molecule has 0 aliphatic carbocycles. The minimum atomic E-state index is 0.881. The maximum atomic E-state index is 4.27. The molecule has 0 unspecified atom stereocenters. The van der Waals surface area contributed by atoms with E-state index in [1.807, 2.05) is 35.9 Å². The Kier molecular flexibility index (Phi) is 3.20. The first kappa shape index (κ1) is 11.8. The molecule has 4 nitrogen and oxygen atoms in total. The van der Waals surface area contributed by atoms with E-state index in [1.165, 1.54) is 10.2 Å². The SMILES string of the molecule is Cn1/c(=N\N=C/c2ccncc2)sc2ccccc21. The number of aromatic nitrogens is 2. The largest absolute Gasteiger partial charge is 0.318 e. The molecule has 2 aromatic heterocycles. The average Bonchev–Trinajstić information content (AvgIpc) is 2.78. The van der Waals surface area contributed by atoms with Crippen molar-refractivity contribution in [2.24, 2.45) is 17.3 Å². The third-order valence-corrected chi connectivity index (χ3v) is 3.87. The molecule has 94 valence electrons. The minimum absolute atomic E-state index is 0.881. The minimum Gasteiger partial charge on any atom is -0.318 e. The van der Waals surface area contributed by atoms with Crippen LogP contribution in [0, 0.1) is 0 Å². The highest BCUT2D eigenvalue weighted by Gasteiger charge is 2.00. The molecule has 0 N–H and O–H groups in total. The molecule has 0 amide bonds. The Bertz CT molecular complexity index is 784. The van der Waals surface area contributed by atoms with Crippen LogP contribution in [0.15, 0.2) is 59.0 Å². The van der Waals surface area contributed by atoms with Crippen LogP contribution in [0.3, 0.4) is 0 Å². The number of thiazole rings is 1. The highest BCUT2D eigenvalue weighted by Crippen LogP contribution is 2.14. The molecule has 0 aliphatic rings. The van der Waals surface area contributed by atoms with Gasteiger partial charge < -0.3 is 4.57 Å². The van der Waals surface area contributed by atoms with Crippen LogP contribution in [-0.2, 0) is 7.05 Å². The fourth-order valence-electron chi connectivity index (χ4n) is 1.77. The number of para-hydroxylation sites is 1. The van der Waals surface area contributed by atoms with Crippen molar-refractivity contribution in [3.05, 3.63) is 59.2 Å². The molecule has 0 aliphatic heterocycles. The lowest BCUT2D eigenvalue weighted by Crippen LogP contribution is -2.08. The average molecular weight is 268 g/mol. The first-order valence-corrected chi connectivity index (χ1v) is 6.68. The number of benzene rings is 1. The van der Waals surface area contributed by atoms with Crippen LogP contribution >= 0.6 is 11.3 Å². The number of fused-ring (bicyclic) bond motifs is 1. The van der Waals surface area contributed by atoms with Gasteiger partial charge in [-0.2, -0.15) is 5.10 Å². The number of hydrogen-bond acceptors (Lipinski definition) is 4. The number of pyridine rings is 1. The van der Waals surface area contributed by atoms with Gasteiger partial charge in [-0.25, -0.2) is 0 Å². The fourth-order valence-corrected chi connectivity index (χ4v) is 2.75. The summed E-state index contributed by atoms with van der Waals surface area (Å²) in [6.45, 7) is 0. The van der Waals surface area contributed by atoms with Gasteiger partial charge in [0.15, 0.2) is 0 Å². The molecule has 19 heavy (non-hydrogen) atoms. The smallest absolute Gasteiger partial charge is 0.211 e. The lowest BCUT2D eigenvalue weighted by Gasteiger charge is -1.92. The van der Waals surface area contributed by atoms with Crippen molar-refractivity contribution in [3.8, 4) is 0 Å². The molecule has 0 saturated heterocycles. The van der Waals surface area contributed by atoms with Gasteiger partial charge in [-0.1, -0.05) is 23.5 Å². The third-order valence-electron chi connectivity index (χ3n) is 2.77. The van der Waals surface area contributed by atoms with E-state index < -0.39 is 0 Å². The molecule has 5 heteroatoms. The van der Waals surface area contributed by atoms with E-state index in [4.69, 9.17) is 0 Å². The zero-order chi connectivity index (χ0) is 13.1. The molecule has 0 atom stereocenters. The van der Waals surface area contributed by atoms with Crippen molar-refractivity contribution in [2.45, 2.75) is 0 Å². The first-order valence-electron chi connectivity index (χ1n) is 5.86. The maximum absolute atomic E-state index is 4.27. The van der Waals surface area contributed by atoms with Crippen molar-refractivity contribution in [1.29, 1.82) is 0 Å². The van der Waals surface area contributed by atoms with E-state index >= 15 is 0 Å². The van der Waals surface area contributed by atoms with Crippen molar-refractivity contribution in [2.75, 3.05) is 0 Å². The van der Waals surface area contributed by atoms with Crippen LogP contribution in [0.1, 0.15) is 5.56 Å². The molecule has 3 aromatic rings. The lowest BCUT2D eigenvalue weighted by atomic mass is 10.3. The van der Waals surface area contributed by atoms with Crippen molar-refractivity contribution in [1.82, 2.24) is 9.55 Å². The fraction of sp³-hybridized carbons (Fsp3) is 0.0714. The summed E-state index contributed by atoms with van der Waals surface area (Å²) in [4.78, 5) is 4.84. The molecule has 2 heterocycles. The van der Waals surface area contributed by atoms with E-state index in [2.05, 4.69) is 27.3 Å². The second-order valence-corrected chi connectivity index (χ2v) is 5.05. The van der Waals surface area contributed by atoms with E-state index in [0.717, 1.165) is 10.4 Å². The molecule has 0 fully saturated rings. The second-order valence-electron chi connectivity index (χ2n) is 4.04. The molecular weight excluding hydrogens is 256 g/mol. The van der Waals surface area contributed by atoms with Gasteiger partial charge in [0, 0.05) is 19.4 Å². The topological polar surface area (TPSA) is 42.5 Å². The van der Waals surface area contributed by atoms with E-state index in [9.17, 15) is 0 Å². The Morgan fingerprint density at radius 3 is 2.74 bits per heavy atom. The second kappa shape index (κ2) is 5.16. The van der Waals surface area contributed by atoms with Gasteiger partial charge in [0.25, 0.3) is 0 Å². The molecule has 1 aromatic carbocycles. The number of nitrogens with zero attached hydrogens (tertiary/aromatic N) is 4. The van der Waals surface area contributed by atoms with Crippen LogP contribution in [0.25, 0.3) is 10.2 Å². The third kappa shape index (κ3) is 2.46. The first-order chi connectivity index (χ1) is 9.34. The summed E-state index contributed by atoms with van der Waals surface area (Å²) in [5.41, 5.74) is 2.16. The Morgan fingerprint density at radius 1 is 1.16 bits per heavy atom. The van der Waals surface area contributed by atoms with Gasteiger partial charge in [-0.05, 0) is 29.8 Å². The Hall–Kier alpha value is -2.27. The standard InChI is InChI=1S/C14H12N4S/c1-18-12-4-2-3-5-13(12)19-14(18)17-16-10-11-6-8-15-9-7-11/h2-10H,1H3/b16-10-,17-14+. The monoisotopic (exact) mass is 268 g/mol. The lowest BCUT2D eigenvalue weighted by molar-refractivity contribution is 0.889. The summed E-state index contributed by atoms with van der Waals surface area (Å²) in [7, 11) is 2.00. The Labute approximate surface area is 114 Å². The van der Waals surface area contributed by atoms with E-state index in [-0.39, 0.29) is 0 Å². The van der Waals surface area contributed by atoms with Gasteiger partial charge in [0.05, 0.1) is 16.4 Å². The predicted octanol–water partition coefficient (Wildman–Crippen LogP) is 2.57. The van der Waals surface area contributed by atoms with Crippen LogP contribution in [0.2, 0.25) is 0 Å². The summed E-state index contributed by atoms with van der Waals surface area (Å²) in [5, 5.41) is 8.40. The van der Waals surface area contributed by atoms with Crippen LogP contribution in [0.4, 0.5) is 0 Å². The Morgan fingerprint density at radius 2 is 1.95 bits per heavy atom. The summed E-state index contributed by atoms with van der Waals surface area (Å²) < 4.78 is 3.26. The van der Waals surface area contributed by atoms with Gasteiger partial charge in [0.2, 0.25) is 4.80 Å². The van der Waals surface area contributed by atoms with Crippen LogP contribution in [-0.4, -0.2) is 15.8 Å². The Balaban J connectivity index is 1.98. The molecule has 0 bridgehead atoms. The van der Waals surface area contributed by atoms with Crippen LogP contribution < -0.4 is 4.80 Å². The van der Waals surface area contributed by atoms with Gasteiger partial charge in [-0.3, -0.25) is 4.98 Å². The predicted molar refractivity (Wildman–Crippen MR) is 78.2 cm³/mol. The number of aryl methyl sites for hydroxylation is 1. The molecular formula is C14H12N4S. The van der Waals surface area contributed by atoms with Gasteiger partial charge in [0.1, 0.15) is 0 Å². The zero-order valence-corrected chi connectivity index (χ0v) is 11.2. The summed E-state index contributed by atoms with van der Waals surface area (Å²) in [6.07, 6.45) is 5.20.